The van der Waals surface area contributed by atoms with Crippen molar-refractivity contribution in [2.45, 2.75) is 6.42 Å². The lowest BCUT2D eigenvalue weighted by molar-refractivity contribution is -0.115. The third kappa shape index (κ3) is 3.20. The molecule has 106 valence electrons. The summed E-state index contributed by atoms with van der Waals surface area (Å²) in [5, 5.41) is 4.84. The van der Waals surface area contributed by atoms with Gasteiger partial charge in [0, 0.05) is 32.8 Å². The summed E-state index contributed by atoms with van der Waals surface area (Å²) in [4.78, 5) is 15.3. The van der Waals surface area contributed by atoms with Crippen LogP contribution in [0.25, 0.3) is 10.9 Å². The van der Waals surface area contributed by atoms with Crippen LogP contribution in [-0.4, -0.2) is 10.9 Å². The van der Waals surface area contributed by atoms with E-state index in [1.165, 1.54) is 0 Å². The molecule has 0 bridgehead atoms. The van der Waals surface area contributed by atoms with E-state index in [0.717, 1.165) is 16.5 Å². The van der Waals surface area contributed by atoms with Crippen LogP contribution in [0.4, 0.5) is 5.69 Å². The summed E-state index contributed by atoms with van der Waals surface area (Å²) < 4.78 is 0. The molecule has 1 aromatic heterocycles. The SMILES string of the molecule is O=C(Cc1c[nH]c2ccccc12)Nc1cc(Cl)cc(Cl)c1. The Morgan fingerprint density at radius 1 is 1.10 bits per heavy atom. The number of aromatic nitrogens is 1. The molecule has 0 aliphatic heterocycles. The number of halogens is 2. The number of H-pyrrole nitrogens is 1. The smallest absolute Gasteiger partial charge is 0.228 e. The fourth-order valence-corrected chi connectivity index (χ4v) is 2.81. The first-order valence-corrected chi connectivity index (χ1v) is 7.18. The molecule has 0 saturated heterocycles. The van der Waals surface area contributed by atoms with Crippen LogP contribution in [0.2, 0.25) is 10.0 Å². The molecule has 21 heavy (non-hydrogen) atoms. The molecule has 0 aliphatic carbocycles. The topological polar surface area (TPSA) is 44.9 Å². The number of amides is 1. The molecular formula is C16H12Cl2N2O. The van der Waals surface area contributed by atoms with E-state index in [9.17, 15) is 4.79 Å². The molecule has 3 rings (SSSR count). The van der Waals surface area contributed by atoms with E-state index in [0.29, 0.717) is 15.7 Å². The van der Waals surface area contributed by atoms with Crippen LogP contribution in [0.15, 0.2) is 48.7 Å². The Balaban J connectivity index is 1.77. The first kappa shape index (κ1) is 14.0. The van der Waals surface area contributed by atoms with Gasteiger partial charge in [0.1, 0.15) is 0 Å². The number of nitrogens with one attached hydrogen (secondary N) is 2. The van der Waals surface area contributed by atoms with Crippen LogP contribution in [0, 0.1) is 0 Å². The Bertz CT molecular complexity index is 791. The average molecular weight is 319 g/mol. The Hall–Kier alpha value is -1.97. The molecule has 0 radical (unpaired) electrons. The lowest BCUT2D eigenvalue weighted by Gasteiger charge is -2.06. The van der Waals surface area contributed by atoms with E-state index >= 15 is 0 Å². The molecule has 0 saturated carbocycles. The summed E-state index contributed by atoms with van der Waals surface area (Å²) in [6.07, 6.45) is 2.14. The molecular weight excluding hydrogens is 307 g/mol. The number of rotatable bonds is 3. The first-order valence-electron chi connectivity index (χ1n) is 6.43. The third-order valence-corrected chi connectivity index (χ3v) is 3.61. The van der Waals surface area contributed by atoms with Gasteiger partial charge < -0.3 is 10.3 Å². The lowest BCUT2D eigenvalue weighted by Crippen LogP contribution is -2.14. The third-order valence-electron chi connectivity index (χ3n) is 3.17. The number of hydrogen-bond acceptors (Lipinski definition) is 1. The molecule has 0 spiro atoms. The molecule has 5 heteroatoms. The van der Waals surface area contributed by atoms with Crippen molar-refractivity contribution in [3.05, 3.63) is 64.3 Å². The number of carbonyl (C=O) groups excluding carboxylic acids is 1. The molecule has 2 N–H and O–H groups in total. The molecule has 0 aliphatic rings. The lowest BCUT2D eigenvalue weighted by atomic mass is 10.1. The van der Waals surface area contributed by atoms with Crippen molar-refractivity contribution >= 4 is 45.7 Å². The van der Waals surface area contributed by atoms with Crippen molar-refractivity contribution in [1.29, 1.82) is 0 Å². The van der Waals surface area contributed by atoms with E-state index in [-0.39, 0.29) is 12.3 Å². The molecule has 0 atom stereocenters. The second-order valence-electron chi connectivity index (χ2n) is 4.74. The predicted molar refractivity (Wildman–Crippen MR) is 87.1 cm³/mol. The summed E-state index contributed by atoms with van der Waals surface area (Å²) >= 11 is 11.8. The minimum Gasteiger partial charge on any atom is -0.361 e. The summed E-state index contributed by atoms with van der Waals surface area (Å²) in [5.41, 5.74) is 2.57. The normalized spacial score (nSPS) is 10.8. The van der Waals surface area contributed by atoms with Crippen molar-refractivity contribution in [3.8, 4) is 0 Å². The van der Waals surface area contributed by atoms with E-state index in [1.807, 2.05) is 30.5 Å². The Kier molecular flexibility index (Phi) is 3.86. The van der Waals surface area contributed by atoms with E-state index in [1.54, 1.807) is 18.2 Å². The van der Waals surface area contributed by atoms with Crippen LogP contribution in [-0.2, 0) is 11.2 Å². The van der Waals surface area contributed by atoms with Crippen molar-refractivity contribution in [2.75, 3.05) is 5.32 Å². The van der Waals surface area contributed by atoms with Crippen LogP contribution >= 0.6 is 23.2 Å². The zero-order chi connectivity index (χ0) is 14.8. The van der Waals surface area contributed by atoms with Crippen molar-refractivity contribution in [2.24, 2.45) is 0 Å². The number of anilines is 1. The summed E-state index contributed by atoms with van der Waals surface area (Å²) in [7, 11) is 0. The van der Waals surface area contributed by atoms with Gasteiger partial charge in [-0.15, -0.1) is 0 Å². The zero-order valence-electron chi connectivity index (χ0n) is 11.0. The molecule has 3 aromatic rings. The van der Waals surface area contributed by atoms with Crippen LogP contribution in [0.1, 0.15) is 5.56 Å². The fourth-order valence-electron chi connectivity index (χ4n) is 2.28. The maximum absolute atomic E-state index is 12.1. The van der Waals surface area contributed by atoms with Gasteiger partial charge in [0.15, 0.2) is 0 Å². The van der Waals surface area contributed by atoms with Gasteiger partial charge in [0.05, 0.1) is 6.42 Å². The van der Waals surface area contributed by atoms with Gasteiger partial charge in [-0.05, 0) is 29.8 Å². The van der Waals surface area contributed by atoms with Gasteiger partial charge in [-0.25, -0.2) is 0 Å². The van der Waals surface area contributed by atoms with Gasteiger partial charge in [-0.2, -0.15) is 0 Å². The van der Waals surface area contributed by atoms with Gasteiger partial charge in [0.2, 0.25) is 5.91 Å². The van der Waals surface area contributed by atoms with Crippen LogP contribution < -0.4 is 5.32 Å². The summed E-state index contributed by atoms with van der Waals surface area (Å²) in [6, 6.07) is 12.8. The van der Waals surface area contributed by atoms with Gasteiger partial charge in [-0.3, -0.25) is 4.79 Å². The predicted octanol–water partition coefficient (Wildman–Crippen LogP) is 4.66. The van der Waals surface area contributed by atoms with Gasteiger partial charge in [-0.1, -0.05) is 41.4 Å². The highest BCUT2D eigenvalue weighted by molar-refractivity contribution is 6.35. The van der Waals surface area contributed by atoms with Crippen molar-refractivity contribution < 1.29 is 4.79 Å². The van der Waals surface area contributed by atoms with Gasteiger partial charge in [0.25, 0.3) is 0 Å². The second-order valence-corrected chi connectivity index (χ2v) is 5.62. The zero-order valence-corrected chi connectivity index (χ0v) is 12.5. The minimum atomic E-state index is -0.113. The maximum Gasteiger partial charge on any atom is 0.228 e. The van der Waals surface area contributed by atoms with Crippen molar-refractivity contribution in [1.82, 2.24) is 4.98 Å². The van der Waals surface area contributed by atoms with Gasteiger partial charge >= 0.3 is 0 Å². The summed E-state index contributed by atoms with van der Waals surface area (Å²) in [5.74, 6) is -0.113. The van der Waals surface area contributed by atoms with Crippen LogP contribution in [0.5, 0.6) is 0 Å². The number of fused-ring (bicyclic) bond motifs is 1. The molecule has 0 unspecified atom stereocenters. The van der Waals surface area contributed by atoms with E-state index in [4.69, 9.17) is 23.2 Å². The highest BCUT2D eigenvalue weighted by atomic mass is 35.5. The largest absolute Gasteiger partial charge is 0.361 e. The first-order chi connectivity index (χ1) is 10.1. The molecule has 1 amide bonds. The quantitative estimate of drug-likeness (QED) is 0.725. The Labute approximate surface area is 131 Å². The van der Waals surface area contributed by atoms with Crippen LogP contribution in [0.3, 0.4) is 0 Å². The number of para-hydroxylation sites is 1. The number of hydrogen-bond donors (Lipinski definition) is 2. The minimum absolute atomic E-state index is 0.113. The standard InChI is InChI=1S/C16H12Cl2N2O/c17-11-6-12(18)8-13(7-11)20-16(21)5-10-9-19-15-4-2-1-3-14(10)15/h1-4,6-9,19H,5H2,(H,20,21). The molecule has 0 fully saturated rings. The number of benzene rings is 2. The Morgan fingerprint density at radius 3 is 2.57 bits per heavy atom. The summed E-state index contributed by atoms with van der Waals surface area (Å²) in [6.45, 7) is 0. The monoisotopic (exact) mass is 318 g/mol. The molecule has 1 heterocycles. The molecule has 2 aromatic carbocycles. The molecule has 3 nitrogen and oxygen atoms in total. The Morgan fingerprint density at radius 2 is 1.81 bits per heavy atom. The fraction of sp³-hybridized carbons (Fsp3) is 0.0625. The average Bonchev–Trinajstić information content (AvgIpc) is 2.81. The highest BCUT2D eigenvalue weighted by Gasteiger charge is 2.09. The maximum atomic E-state index is 12.1. The number of carbonyl (C=O) groups is 1. The van der Waals surface area contributed by atoms with E-state index < -0.39 is 0 Å². The second kappa shape index (κ2) is 5.80. The number of aromatic amines is 1. The highest BCUT2D eigenvalue weighted by Crippen LogP contribution is 2.23. The van der Waals surface area contributed by atoms with Crippen molar-refractivity contribution in [3.63, 3.8) is 0 Å². The van der Waals surface area contributed by atoms with E-state index in [2.05, 4.69) is 10.3 Å².